The zero-order chi connectivity index (χ0) is 28.7. The van der Waals surface area contributed by atoms with E-state index in [1.807, 2.05) is 29.8 Å². The summed E-state index contributed by atoms with van der Waals surface area (Å²) in [6.45, 7) is 3.52. The Morgan fingerprint density at radius 2 is 1.76 bits per heavy atom. The summed E-state index contributed by atoms with van der Waals surface area (Å²) in [6.07, 6.45) is 3.56. The first-order chi connectivity index (χ1) is 19.7. The normalized spacial score (nSPS) is 15.0. The maximum Gasteiger partial charge on any atom is 0.270 e. The van der Waals surface area contributed by atoms with Crippen LogP contribution in [-0.4, -0.2) is 53.8 Å². The Balaban J connectivity index is 1.42. The van der Waals surface area contributed by atoms with Crippen LogP contribution in [0.3, 0.4) is 0 Å². The van der Waals surface area contributed by atoms with E-state index in [1.54, 1.807) is 58.4 Å². The van der Waals surface area contributed by atoms with Crippen LogP contribution in [0.1, 0.15) is 46.0 Å². The van der Waals surface area contributed by atoms with E-state index in [4.69, 9.17) is 14.8 Å². The van der Waals surface area contributed by atoms with Gasteiger partial charge in [0.25, 0.3) is 11.8 Å². The van der Waals surface area contributed by atoms with Gasteiger partial charge in [-0.1, -0.05) is 42.5 Å². The van der Waals surface area contributed by atoms with E-state index in [-0.39, 0.29) is 11.5 Å². The predicted molar refractivity (Wildman–Crippen MR) is 147 cm³/mol. The van der Waals surface area contributed by atoms with Gasteiger partial charge in [-0.2, -0.15) is 0 Å². The van der Waals surface area contributed by atoms with Crippen LogP contribution >= 0.6 is 0 Å². The zero-order valence-electron chi connectivity index (χ0n) is 22.7. The maximum absolute atomic E-state index is 14.0. The number of carbonyl (C=O) groups excluding carboxylic acids is 1. The number of imidazole rings is 1. The van der Waals surface area contributed by atoms with Crippen LogP contribution in [0.25, 0.3) is 17.2 Å². The summed E-state index contributed by atoms with van der Waals surface area (Å²) in [5.74, 6) is -1.91. The number of aromatic nitrogens is 6. The SMILES string of the molecule is COc1nc(-c2nc3n(n2)CCN(C(=O)c2ccccc2)[C@H]3c2ccc(C(C)(F)F)cc2)ccc1-n1cnc(C)c1. The van der Waals surface area contributed by atoms with Crippen LogP contribution in [0, 0.1) is 6.92 Å². The minimum absolute atomic E-state index is 0.107. The van der Waals surface area contributed by atoms with E-state index in [2.05, 4.69) is 9.97 Å². The van der Waals surface area contributed by atoms with E-state index in [9.17, 15) is 13.6 Å². The number of pyridine rings is 1. The van der Waals surface area contributed by atoms with Crippen LogP contribution in [0.15, 0.2) is 79.3 Å². The number of ether oxygens (including phenoxy) is 1. The molecule has 0 N–H and O–H groups in total. The van der Waals surface area contributed by atoms with Gasteiger partial charge in [-0.15, -0.1) is 5.10 Å². The Hall–Kier alpha value is -4.93. The fourth-order valence-corrected chi connectivity index (χ4v) is 5.01. The van der Waals surface area contributed by atoms with Crippen molar-refractivity contribution in [2.45, 2.75) is 32.4 Å². The van der Waals surface area contributed by atoms with Crippen molar-refractivity contribution in [2.24, 2.45) is 0 Å². The van der Waals surface area contributed by atoms with Crippen molar-refractivity contribution in [3.8, 4) is 23.1 Å². The molecule has 1 atom stereocenters. The van der Waals surface area contributed by atoms with Crippen molar-refractivity contribution in [3.05, 3.63) is 107 Å². The van der Waals surface area contributed by atoms with Crippen molar-refractivity contribution in [1.29, 1.82) is 0 Å². The molecule has 3 aromatic heterocycles. The average molecular weight is 556 g/mol. The van der Waals surface area contributed by atoms with E-state index in [1.165, 1.54) is 19.2 Å². The lowest BCUT2D eigenvalue weighted by molar-refractivity contribution is 0.0174. The number of alkyl halides is 2. The highest BCUT2D eigenvalue weighted by Crippen LogP contribution is 2.35. The minimum Gasteiger partial charge on any atom is -0.479 e. The van der Waals surface area contributed by atoms with E-state index in [0.29, 0.717) is 53.1 Å². The van der Waals surface area contributed by atoms with Gasteiger partial charge in [-0.3, -0.25) is 4.79 Å². The molecule has 208 valence electrons. The summed E-state index contributed by atoms with van der Waals surface area (Å²) in [6, 6.07) is 18.0. The van der Waals surface area contributed by atoms with Crippen molar-refractivity contribution in [1.82, 2.24) is 34.2 Å². The van der Waals surface area contributed by atoms with Gasteiger partial charge in [0.15, 0.2) is 11.6 Å². The highest BCUT2D eigenvalue weighted by atomic mass is 19.3. The van der Waals surface area contributed by atoms with Crippen molar-refractivity contribution in [3.63, 3.8) is 0 Å². The second-order valence-electron chi connectivity index (χ2n) is 9.94. The van der Waals surface area contributed by atoms with Crippen molar-refractivity contribution in [2.75, 3.05) is 13.7 Å². The van der Waals surface area contributed by atoms with Gasteiger partial charge in [0.05, 0.1) is 25.7 Å². The first-order valence-corrected chi connectivity index (χ1v) is 13.1. The van der Waals surface area contributed by atoms with Crippen LogP contribution in [-0.2, 0) is 12.5 Å². The molecular formula is C30H27F2N7O2. The third kappa shape index (κ3) is 4.94. The Bertz CT molecular complexity index is 1710. The van der Waals surface area contributed by atoms with Gasteiger partial charge >= 0.3 is 0 Å². The molecule has 11 heteroatoms. The zero-order valence-corrected chi connectivity index (χ0v) is 22.7. The lowest BCUT2D eigenvalue weighted by Crippen LogP contribution is -2.43. The Morgan fingerprint density at radius 3 is 2.41 bits per heavy atom. The third-order valence-electron chi connectivity index (χ3n) is 7.08. The standard InChI is InChI=1S/C30H27F2N7O2/c1-19-17-37(18-33-19)24-14-13-23(34-28(24)41-3)26-35-27-25(20-9-11-22(12-10-20)30(2,31)32)38(15-16-39(27)36-26)29(40)21-7-5-4-6-8-21/h4-14,17-18,25H,15-16H2,1-3H3/t25-/m0/s1. The molecule has 0 aliphatic carbocycles. The summed E-state index contributed by atoms with van der Waals surface area (Å²) in [4.78, 5) is 29.1. The number of rotatable bonds is 6. The molecule has 0 bridgehead atoms. The molecular weight excluding hydrogens is 528 g/mol. The van der Waals surface area contributed by atoms with E-state index in [0.717, 1.165) is 12.6 Å². The molecule has 1 aliphatic rings. The van der Waals surface area contributed by atoms with Gasteiger partial charge in [-0.25, -0.2) is 28.4 Å². The highest BCUT2D eigenvalue weighted by Gasteiger charge is 2.36. The quantitative estimate of drug-likeness (QED) is 0.286. The number of fused-ring (bicyclic) bond motifs is 1. The monoisotopic (exact) mass is 555 g/mol. The molecule has 1 amide bonds. The van der Waals surface area contributed by atoms with Gasteiger partial charge in [-0.05, 0) is 36.8 Å². The molecule has 0 saturated heterocycles. The molecule has 1 aliphatic heterocycles. The van der Waals surface area contributed by atoms with Gasteiger partial charge in [0.1, 0.15) is 17.4 Å². The fourth-order valence-electron chi connectivity index (χ4n) is 5.01. The summed E-state index contributed by atoms with van der Waals surface area (Å²) in [7, 11) is 1.54. The van der Waals surface area contributed by atoms with Gasteiger partial charge in [0.2, 0.25) is 5.88 Å². The molecule has 0 saturated carbocycles. The fraction of sp³-hybridized carbons (Fsp3) is 0.233. The molecule has 0 fully saturated rings. The van der Waals surface area contributed by atoms with Crippen molar-refractivity contribution < 1.29 is 18.3 Å². The number of methoxy groups -OCH3 is 1. The van der Waals surface area contributed by atoms with Crippen LogP contribution in [0.2, 0.25) is 0 Å². The average Bonchev–Trinajstić information content (AvgIpc) is 3.62. The van der Waals surface area contributed by atoms with Crippen LogP contribution in [0.4, 0.5) is 8.78 Å². The van der Waals surface area contributed by atoms with Gasteiger partial charge in [0, 0.05) is 30.8 Å². The summed E-state index contributed by atoms with van der Waals surface area (Å²) in [5.41, 5.74) is 3.13. The summed E-state index contributed by atoms with van der Waals surface area (Å²) < 4.78 is 37.1. The number of aryl methyl sites for hydroxylation is 1. The largest absolute Gasteiger partial charge is 0.479 e. The molecule has 0 spiro atoms. The third-order valence-corrected chi connectivity index (χ3v) is 7.08. The second-order valence-corrected chi connectivity index (χ2v) is 9.94. The van der Waals surface area contributed by atoms with Gasteiger partial charge < -0.3 is 14.2 Å². The number of nitrogens with zero attached hydrogens (tertiary/aromatic N) is 7. The summed E-state index contributed by atoms with van der Waals surface area (Å²) in [5, 5.41) is 4.71. The number of hydrogen-bond acceptors (Lipinski definition) is 6. The smallest absolute Gasteiger partial charge is 0.270 e. The van der Waals surface area contributed by atoms with E-state index < -0.39 is 12.0 Å². The Labute approximate surface area is 235 Å². The predicted octanol–water partition coefficient (Wildman–Crippen LogP) is 5.20. The van der Waals surface area contributed by atoms with Crippen LogP contribution < -0.4 is 4.74 Å². The topological polar surface area (TPSA) is 91.0 Å². The van der Waals surface area contributed by atoms with Crippen LogP contribution in [0.5, 0.6) is 5.88 Å². The molecule has 9 nitrogen and oxygen atoms in total. The molecule has 0 unspecified atom stereocenters. The van der Waals surface area contributed by atoms with Crippen molar-refractivity contribution >= 4 is 5.91 Å². The molecule has 6 rings (SSSR count). The number of hydrogen-bond donors (Lipinski definition) is 0. The Kier molecular flexibility index (Phi) is 6.56. The second kappa shape index (κ2) is 10.2. The lowest BCUT2D eigenvalue weighted by Gasteiger charge is -2.35. The lowest BCUT2D eigenvalue weighted by atomic mass is 9.98. The first-order valence-electron chi connectivity index (χ1n) is 13.1. The first kappa shape index (κ1) is 26.3. The molecule has 0 radical (unpaired) electrons. The maximum atomic E-state index is 14.0. The number of halogens is 2. The molecule has 2 aromatic carbocycles. The molecule has 5 aromatic rings. The summed E-state index contributed by atoms with van der Waals surface area (Å²) >= 11 is 0. The highest BCUT2D eigenvalue weighted by molar-refractivity contribution is 5.94. The number of amides is 1. The Morgan fingerprint density at radius 1 is 1.00 bits per heavy atom. The number of benzene rings is 2. The number of carbonyl (C=O) groups is 1. The molecule has 4 heterocycles. The minimum atomic E-state index is -2.98. The van der Waals surface area contributed by atoms with E-state index >= 15 is 0 Å². The molecule has 41 heavy (non-hydrogen) atoms.